The molecule has 1 aromatic rings. The van der Waals surface area contributed by atoms with E-state index in [-0.39, 0.29) is 12.5 Å². The average Bonchev–Trinajstić information content (AvgIpc) is 2.18. The van der Waals surface area contributed by atoms with Gasteiger partial charge in [-0.3, -0.25) is 4.79 Å². The minimum atomic E-state index is -0.182. The highest BCUT2D eigenvalue weighted by Gasteiger charge is 2.07. The summed E-state index contributed by atoms with van der Waals surface area (Å²) in [6, 6.07) is 5.12. The van der Waals surface area contributed by atoms with Crippen LogP contribution in [0.25, 0.3) is 0 Å². The lowest BCUT2D eigenvalue weighted by Crippen LogP contribution is -2.11. The smallest absolute Gasteiger partial charge is 0.224 e. The van der Waals surface area contributed by atoms with Gasteiger partial charge in [-0.05, 0) is 12.1 Å². The number of carbonyl (C=O) groups is 1. The van der Waals surface area contributed by atoms with Crippen LogP contribution in [0, 0.1) is 0 Å². The van der Waals surface area contributed by atoms with Crippen LogP contribution >= 0.6 is 11.6 Å². The van der Waals surface area contributed by atoms with Gasteiger partial charge >= 0.3 is 0 Å². The molecule has 0 aliphatic carbocycles. The first-order valence-electron chi connectivity index (χ1n) is 4.37. The Balaban J connectivity index is 2.96. The van der Waals surface area contributed by atoms with Crippen molar-refractivity contribution in [3.8, 4) is 0 Å². The second-order valence-electron chi connectivity index (χ2n) is 2.83. The van der Waals surface area contributed by atoms with Gasteiger partial charge in [-0.15, -0.1) is 0 Å². The third-order valence-electron chi connectivity index (χ3n) is 1.87. The number of anilines is 1. The quantitative estimate of drug-likeness (QED) is 0.809. The van der Waals surface area contributed by atoms with Crippen molar-refractivity contribution in [3.05, 3.63) is 28.8 Å². The maximum absolute atomic E-state index is 11.1. The standard InChI is InChI=1S/C10H12ClNO2/c1-2-10(14)12-9-5-3-4-8(11)7(9)6-13/h3-5,13H,2,6H2,1H3,(H,12,14). The molecule has 0 aliphatic rings. The molecule has 0 spiro atoms. The molecule has 3 nitrogen and oxygen atoms in total. The van der Waals surface area contributed by atoms with Crippen LogP contribution in [0.2, 0.25) is 5.02 Å². The highest BCUT2D eigenvalue weighted by Crippen LogP contribution is 2.24. The summed E-state index contributed by atoms with van der Waals surface area (Å²) in [6.07, 6.45) is 0.400. The largest absolute Gasteiger partial charge is 0.392 e. The van der Waals surface area contributed by atoms with Crippen molar-refractivity contribution in [2.24, 2.45) is 0 Å². The molecule has 2 N–H and O–H groups in total. The first-order chi connectivity index (χ1) is 6.69. The molecule has 1 amide bonds. The van der Waals surface area contributed by atoms with E-state index in [4.69, 9.17) is 16.7 Å². The zero-order valence-electron chi connectivity index (χ0n) is 7.88. The van der Waals surface area contributed by atoms with E-state index in [1.165, 1.54) is 0 Å². The molecule has 1 rings (SSSR count). The topological polar surface area (TPSA) is 49.3 Å². The normalized spacial score (nSPS) is 9.93. The van der Waals surface area contributed by atoms with Gasteiger partial charge in [-0.1, -0.05) is 24.6 Å². The summed E-state index contributed by atoms with van der Waals surface area (Å²) in [5.41, 5.74) is 1.13. The lowest BCUT2D eigenvalue weighted by atomic mass is 10.2. The predicted octanol–water partition coefficient (Wildman–Crippen LogP) is 2.18. The van der Waals surface area contributed by atoms with Gasteiger partial charge in [-0.2, -0.15) is 0 Å². The molecule has 0 saturated carbocycles. The van der Waals surface area contributed by atoms with Gasteiger partial charge in [0.15, 0.2) is 0 Å². The van der Waals surface area contributed by atoms with E-state index in [9.17, 15) is 4.79 Å². The third-order valence-corrected chi connectivity index (χ3v) is 2.23. The van der Waals surface area contributed by atoms with E-state index in [1.54, 1.807) is 25.1 Å². The Hall–Kier alpha value is -1.06. The Morgan fingerprint density at radius 1 is 1.57 bits per heavy atom. The summed E-state index contributed by atoms with van der Waals surface area (Å²) < 4.78 is 0. The highest BCUT2D eigenvalue weighted by atomic mass is 35.5. The van der Waals surface area contributed by atoms with E-state index >= 15 is 0 Å². The Labute approximate surface area is 87.7 Å². The van der Waals surface area contributed by atoms with Crippen molar-refractivity contribution in [1.29, 1.82) is 0 Å². The van der Waals surface area contributed by atoms with E-state index in [1.807, 2.05) is 0 Å². The number of benzene rings is 1. The second kappa shape index (κ2) is 4.98. The molecule has 1 aromatic carbocycles. The summed E-state index contributed by atoms with van der Waals surface area (Å²) >= 11 is 5.84. The minimum Gasteiger partial charge on any atom is -0.392 e. The number of rotatable bonds is 3. The summed E-state index contributed by atoms with van der Waals surface area (Å²) in [6.45, 7) is 1.58. The van der Waals surface area contributed by atoms with Crippen molar-refractivity contribution in [1.82, 2.24) is 0 Å². The predicted molar refractivity (Wildman–Crippen MR) is 56.3 cm³/mol. The number of carbonyl (C=O) groups excluding carboxylic acids is 1. The fraction of sp³-hybridized carbons (Fsp3) is 0.300. The fourth-order valence-electron chi connectivity index (χ4n) is 1.08. The number of nitrogens with one attached hydrogen (secondary N) is 1. The Bertz CT molecular complexity index is 339. The number of aliphatic hydroxyl groups excluding tert-OH is 1. The van der Waals surface area contributed by atoms with Crippen LogP contribution in [0.3, 0.4) is 0 Å². The van der Waals surface area contributed by atoms with Gasteiger partial charge in [0.2, 0.25) is 5.91 Å². The second-order valence-corrected chi connectivity index (χ2v) is 3.23. The molecule has 0 fully saturated rings. The van der Waals surface area contributed by atoms with Crippen LogP contribution < -0.4 is 5.32 Å². The summed E-state index contributed by atoms with van der Waals surface area (Å²) in [5.74, 6) is -0.0954. The summed E-state index contributed by atoms with van der Waals surface area (Å²) in [5, 5.41) is 12.2. The van der Waals surface area contributed by atoms with Crippen LogP contribution in [0.15, 0.2) is 18.2 Å². The van der Waals surface area contributed by atoms with Crippen molar-refractivity contribution >= 4 is 23.2 Å². The number of aliphatic hydroxyl groups is 1. The van der Waals surface area contributed by atoms with E-state index in [0.717, 1.165) is 0 Å². The van der Waals surface area contributed by atoms with Crippen LogP contribution in [0.1, 0.15) is 18.9 Å². The van der Waals surface area contributed by atoms with Gasteiger partial charge in [0, 0.05) is 22.7 Å². The van der Waals surface area contributed by atoms with Crippen LogP contribution in [-0.4, -0.2) is 11.0 Å². The van der Waals surface area contributed by atoms with E-state index < -0.39 is 0 Å². The molecule has 0 radical (unpaired) electrons. The van der Waals surface area contributed by atoms with Gasteiger partial charge < -0.3 is 10.4 Å². The number of amides is 1. The van der Waals surface area contributed by atoms with E-state index in [2.05, 4.69) is 5.32 Å². The van der Waals surface area contributed by atoms with Crippen molar-refractivity contribution < 1.29 is 9.90 Å². The molecular formula is C10H12ClNO2. The van der Waals surface area contributed by atoms with Crippen molar-refractivity contribution in [2.75, 3.05) is 5.32 Å². The molecular weight excluding hydrogens is 202 g/mol. The summed E-state index contributed by atoms with van der Waals surface area (Å²) in [4.78, 5) is 11.1. The number of hydrogen-bond donors (Lipinski definition) is 2. The van der Waals surface area contributed by atoms with Gasteiger partial charge in [0.1, 0.15) is 0 Å². The molecule has 0 unspecified atom stereocenters. The monoisotopic (exact) mass is 213 g/mol. The first kappa shape index (κ1) is 11.0. The lowest BCUT2D eigenvalue weighted by molar-refractivity contribution is -0.115. The first-order valence-corrected chi connectivity index (χ1v) is 4.75. The van der Waals surface area contributed by atoms with Crippen molar-refractivity contribution in [3.63, 3.8) is 0 Å². The van der Waals surface area contributed by atoms with Gasteiger partial charge in [0.25, 0.3) is 0 Å². The zero-order chi connectivity index (χ0) is 10.6. The highest BCUT2D eigenvalue weighted by molar-refractivity contribution is 6.31. The molecule has 76 valence electrons. The molecule has 0 bridgehead atoms. The molecule has 14 heavy (non-hydrogen) atoms. The molecule has 4 heteroatoms. The average molecular weight is 214 g/mol. The Kier molecular flexibility index (Phi) is 3.92. The zero-order valence-corrected chi connectivity index (χ0v) is 8.64. The number of halogens is 1. The Morgan fingerprint density at radius 3 is 2.86 bits per heavy atom. The fourth-order valence-corrected chi connectivity index (χ4v) is 1.31. The molecule has 0 heterocycles. The van der Waals surface area contributed by atoms with Crippen molar-refractivity contribution in [2.45, 2.75) is 20.0 Å². The molecule has 0 saturated heterocycles. The SMILES string of the molecule is CCC(=O)Nc1cccc(Cl)c1CO. The van der Waals surface area contributed by atoms with Crippen LogP contribution in [0.4, 0.5) is 5.69 Å². The molecule has 0 aromatic heterocycles. The summed E-state index contributed by atoms with van der Waals surface area (Å²) in [7, 11) is 0. The van der Waals surface area contributed by atoms with Crippen LogP contribution in [0.5, 0.6) is 0 Å². The van der Waals surface area contributed by atoms with E-state index in [0.29, 0.717) is 22.7 Å². The van der Waals surface area contributed by atoms with Crippen LogP contribution in [-0.2, 0) is 11.4 Å². The molecule has 0 atom stereocenters. The Morgan fingerprint density at radius 2 is 2.29 bits per heavy atom. The molecule has 0 aliphatic heterocycles. The number of hydrogen-bond acceptors (Lipinski definition) is 2. The van der Waals surface area contributed by atoms with Gasteiger partial charge in [-0.25, -0.2) is 0 Å². The maximum atomic E-state index is 11.1. The third kappa shape index (κ3) is 2.47. The van der Waals surface area contributed by atoms with Gasteiger partial charge in [0.05, 0.1) is 6.61 Å². The maximum Gasteiger partial charge on any atom is 0.224 e. The lowest BCUT2D eigenvalue weighted by Gasteiger charge is -2.09. The minimum absolute atomic E-state index is 0.0954.